The second kappa shape index (κ2) is 13.7. The zero-order chi connectivity index (χ0) is 27.8. The Labute approximate surface area is 230 Å². The summed E-state index contributed by atoms with van der Waals surface area (Å²) in [5, 5.41) is 4.59. The molecule has 1 saturated heterocycles. The number of rotatable bonds is 12. The van der Waals surface area contributed by atoms with E-state index in [9.17, 15) is 19.2 Å². The normalized spacial score (nSPS) is 16.3. The average molecular weight is 557 g/mol. The highest BCUT2D eigenvalue weighted by molar-refractivity contribution is 7.09. The number of nitrogens with zero attached hydrogens (tertiary/aromatic N) is 2. The number of hydrogen-bond donors (Lipinski definition) is 2. The van der Waals surface area contributed by atoms with Crippen molar-refractivity contribution in [3.8, 4) is 0 Å². The fourth-order valence-corrected chi connectivity index (χ4v) is 5.34. The Morgan fingerprint density at radius 1 is 1.18 bits per heavy atom. The van der Waals surface area contributed by atoms with Crippen LogP contribution in [0.2, 0.25) is 0 Å². The van der Waals surface area contributed by atoms with E-state index in [1.54, 1.807) is 10.8 Å². The number of aromatic nitrogens is 2. The molecule has 2 aromatic heterocycles. The van der Waals surface area contributed by atoms with Crippen LogP contribution in [0.1, 0.15) is 64.4 Å². The number of benzene rings is 1. The zero-order valence-corrected chi connectivity index (χ0v) is 23.2. The molecule has 0 radical (unpaired) electrons. The number of hydrogen-bond acceptors (Lipinski definition) is 7. The van der Waals surface area contributed by atoms with Gasteiger partial charge in [0.25, 0.3) is 11.5 Å². The van der Waals surface area contributed by atoms with E-state index < -0.39 is 35.4 Å². The van der Waals surface area contributed by atoms with Gasteiger partial charge in [0.1, 0.15) is 6.04 Å². The molecular formula is C28H36N4O6S. The summed E-state index contributed by atoms with van der Waals surface area (Å²) in [6.07, 6.45) is 3.86. The molecule has 11 heteroatoms. The van der Waals surface area contributed by atoms with E-state index >= 15 is 0 Å². The molecular weight excluding hydrogens is 520 g/mol. The maximum absolute atomic E-state index is 13.7. The van der Waals surface area contributed by atoms with Crippen LogP contribution in [0.3, 0.4) is 0 Å². The summed E-state index contributed by atoms with van der Waals surface area (Å²) in [4.78, 5) is 62.2. The Morgan fingerprint density at radius 2 is 1.97 bits per heavy atom. The Bertz CT molecular complexity index is 1360. The number of fused-ring (bicyclic) bond motifs is 1. The zero-order valence-electron chi connectivity index (χ0n) is 22.4. The average Bonchev–Trinajstić information content (AvgIpc) is 3.41. The first-order chi connectivity index (χ1) is 18.8. The van der Waals surface area contributed by atoms with Gasteiger partial charge in [-0.15, -0.1) is 11.3 Å². The smallest absolute Gasteiger partial charge is 0.348 e. The lowest BCUT2D eigenvalue weighted by Gasteiger charge is -2.32. The minimum atomic E-state index is -1.16. The number of aromatic amines is 1. The Balaban J connectivity index is 1.68. The second-order valence-electron chi connectivity index (χ2n) is 10.2. The monoisotopic (exact) mass is 556 g/mol. The number of thiophene rings is 1. The molecule has 1 aromatic carbocycles. The lowest BCUT2D eigenvalue weighted by molar-refractivity contribution is -0.201. The van der Waals surface area contributed by atoms with Crippen LogP contribution in [-0.2, 0) is 25.6 Å². The van der Waals surface area contributed by atoms with Gasteiger partial charge < -0.3 is 9.72 Å². The highest BCUT2D eigenvalue weighted by Gasteiger charge is 2.34. The number of H-pyrrole nitrogens is 1. The summed E-state index contributed by atoms with van der Waals surface area (Å²) in [5.41, 5.74) is 2.51. The third-order valence-corrected chi connectivity index (χ3v) is 7.48. The Morgan fingerprint density at radius 3 is 2.69 bits per heavy atom. The van der Waals surface area contributed by atoms with Crippen molar-refractivity contribution < 1.29 is 19.2 Å². The van der Waals surface area contributed by atoms with E-state index in [2.05, 4.69) is 10.5 Å². The first-order valence-electron chi connectivity index (χ1n) is 13.5. The van der Waals surface area contributed by atoms with Gasteiger partial charge in [0, 0.05) is 30.2 Å². The molecule has 3 aromatic rings. The van der Waals surface area contributed by atoms with Gasteiger partial charge in [-0.2, -0.15) is 4.68 Å². The number of ether oxygens (including phenoxy) is 1. The van der Waals surface area contributed by atoms with Gasteiger partial charge in [-0.3, -0.25) is 14.4 Å². The third-order valence-electron chi connectivity index (χ3n) is 6.74. The van der Waals surface area contributed by atoms with Gasteiger partial charge in [-0.05, 0) is 50.0 Å². The summed E-state index contributed by atoms with van der Waals surface area (Å²) in [6, 6.07) is 8.63. The first kappa shape index (κ1) is 28.7. The molecule has 10 nitrogen and oxygen atoms in total. The van der Waals surface area contributed by atoms with Crippen LogP contribution in [0.25, 0.3) is 10.9 Å². The van der Waals surface area contributed by atoms with Crippen LogP contribution in [0.15, 0.2) is 50.7 Å². The van der Waals surface area contributed by atoms with Crippen molar-refractivity contribution in [3.05, 3.63) is 67.5 Å². The molecule has 1 aliphatic rings. The van der Waals surface area contributed by atoms with E-state index in [1.165, 1.54) is 11.3 Å². The predicted molar refractivity (Wildman–Crippen MR) is 150 cm³/mol. The fraction of sp³-hybridized carbons (Fsp3) is 0.500. The quantitative estimate of drug-likeness (QED) is 0.329. The molecule has 0 spiro atoms. The van der Waals surface area contributed by atoms with Crippen molar-refractivity contribution in [2.24, 2.45) is 5.92 Å². The fourth-order valence-electron chi connectivity index (χ4n) is 4.59. The Kier molecular flexibility index (Phi) is 10.1. The summed E-state index contributed by atoms with van der Waals surface area (Å²) in [5.74, 6) is -0.895. The lowest BCUT2D eigenvalue weighted by Crippen LogP contribution is -2.62. The van der Waals surface area contributed by atoms with Gasteiger partial charge in [0.15, 0.2) is 6.29 Å². The molecule has 3 heterocycles. The summed E-state index contributed by atoms with van der Waals surface area (Å²) >= 11 is 1.27. The molecule has 210 valence electrons. The number of hydroxylamine groups is 1. The molecule has 0 aliphatic carbocycles. The number of aryl methyl sites for hydroxylation is 1. The molecule has 0 saturated carbocycles. The largest absolute Gasteiger partial charge is 0.350 e. The summed E-state index contributed by atoms with van der Waals surface area (Å²) in [7, 11) is 0. The number of nitrogens with one attached hydrogen (secondary N) is 2. The molecule has 2 atom stereocenters. The van der Waals surface area contributed by atoms with Crippen LogP contribution >= 0.6 is 11.3 Å². The van der Waals surface area contributed by atoms with E-state index in [0.717, 1.165) is 28.1 Å². The van der Waals surface area contributed by atoms with Crippen LogP contribution in [0.4, 0.5) is 0 Å². The molecule has 2 amide bonds. The SMILES string of the molecule is CC(C)CCC(=O)N([C@@H](CCCc1ccccc1)C(=O)NO[C@@H]1CCCCO1)n1c(=O)[nH]c2cscc2c1=O. The summed E-state index contributed by atoms with van der Waals surface area (Å²) in [6.45, 7) is 4.50. The van der Waals surface area contributed by atoms with Gasteiger partial charge >= 0.3 is 5.69 Å². The molecule has 39 heavy (non-hydrogen) atoms. The van der Waals surface area contributed by atoms with Crippen LogP contribution in [0, 0.1) is 5.92 Å². The molecule has 1 aliphatic heterocycles. The maximum atomic E-state index is 13.7. The number of carbonyl (C=O) groups is 2. The lowest BCUT2D eigenvalue weighted by atomic mass is 10.0. The van der Waals surface area contributed by atoms with Crippen LogP contribution in [0.5, 0.6) is 0 Å². The van der Waals surface area contributed by atoms with E-state index in [1.807, 2.05) is 44.2 Å². The van der Waals surface area contributed by atoms with Crippen LogP contribution < -0.4 is 21.7 Å². The first-order valence-corrected chi connectivity index (χ1v) is 14.4. The molecule has 4 rings (SSSR count). The van der Waals surface area contributed by atoms with Gasteiger partial charge in [-0.25, -0.2) is 20.1 Å². The summed E-state index contributed by atoms with van der Waals surface area (Å²) < 4.78 is 6.33. The second-order valence-corrected chi connectivity index (χ2v) is 10.9. The van der Waals surface area contributed by atoms with E-state index in [-0.39, 0.29) is 24.1 Å². The van der Waals surface area contributed by atoms with Gasteiger partial charge in [-0.1, -0.05) is 44.2 Å². The molecule has 2 N–H and O–H groups in total. The predicted octanol–water partition coefficient (Wildman–Crippen LogP) is 3.62. The topological polar surface area (TPSA) is 123 Å². The molecule has 0 bridgehead atoms. The van der Waals surface area contributed by atoms with Crippen LogP contribution in [-0.4, -0.2) is 40.4 Å². The van der Waals surface area contributed by atoms with Crippen molar-refractivity contribution in [2.75, 3.05) is 11.6 Å². The molecule has 0 unspecified atom stereocenters. The minimum Gasteiger partial charge on any atom is -0.350 e. The number of carbonyl (C=O) groups excluding carboxylic acids is 2. The molecule has 1 fully saturated rings. The van der Waals surface area contributed by atoms with Crippen molar-refractivity contribution in [3.63, 3.8) is 0 Å². The van der Waals surface area contributed by atoms with E-state index in [0.29, 0.717) is 37.8 Å². The van der Waals surface area contributed by atoms with Gasteiger partial charge in [0.2, 0.25) is 5.91 Å². The number of amides is 2. The van der Waals surface area contributed by atoms with Gasteiger partial charge in [0.05, 0.1) is 10.9 Å². The van der Waals surface area contributed by atoms with Crippen molar-refractivity contribution >= 4 is 34.1 Å². The standard InChI is InChI=1S/C28H36N4O6S/c1-19(2)14-15-24(33)31(32-27(35)21-17-39-18-22(21)29-28(32)36)23(12-8-11-20-9-4-3-5-10-20)26(34)30-38-25-13-6-7-16-37-25/h3-5,9-10,17-19,23,25H,6-8,11-16H2,1-2H3,(H,29,36)(H,30,34)/t23-,25+/m0/s1. The van der Waals surface area contributed by atoms with E-state index in [4.69, 9.17) is 9.57 Å². The third kappa shape index (κ3) is 7.43. The minimum absolute atomic E-state index is 0.0697. The van der Waals surface area contributed by atoms with Crippen molar-refractivity contribution in [2.45, 2.75) is 77.5 Å². The highest BCUT2D eigenvalue weighted by atomic mass is 32.1. The van der Waals surface area contributed by atoms with Crippen molar-refractivity contribution in [1.82, 2.24) is 15.1 Å². The maximum Gasteiger partial charge on any atom is 0.348 e. The Hall–Kier alpha value is -3.28. The van der Waals surface area contributed by atoms with Crippen molar-refractivity contribution in [1.29, 1.82) is 0 Å². The highest BCUT2D eigenvalue weighted by Crippen LogP contribution is 2.17.